The van der Waals surface area contributed by atoms with E-state index >= 15 is 0 Å². The number of nitrogens with zero attached hydrogens (tertiary/aromatic N) is 3. The molecule has 0 amide bonds. The van der Waals surface area contributed by atoms with Crippen molar-refractivity contribution < 1.29 is 9.63 Å². The topological polar surface area (TPSA) is 62.4 Å². The number of aliphatic hydroxyl groups excluding tert-OH is 1. The maximum atomic E-state index is 9.32. The lowest BCUT2D eigenvalue weighted by atomic mass is 10.1. The van der Waals surface area contributed by atoms with Crippen molar-refractivity contribution in [2.75, 3.05) is 13.1 Å². The van der Waals surface area contributed by atoms with Crippen molar-refractivity contribution in [3.05, 3.63) is 11.7 Å². The van der Waals surface area contributed by atoms with Gasteiger partial charge in [0.15, 0.2) is 5.82 Å². The normalized spacial score (nSPS) is 23.5. The second-order valence-electron chi connectivity index (χ2n) is 5.17. The summed E-state index contributed by atoms with van der Waals surface area (Å²) in [6.07, 6.45) is 1.36. The lowest BCUT2D eigenvalue weighted by Crippen LogP contribution is -2.28. The highest BCUT2D eigenvalue weighted by atomic mass is 16.5. The van der Waals surface area contributed by atoms with Crippen LogP contribution in [-0.4, -0.2) is 39.3 Å². The Morgan fingerprint density at radius 3 is 2.76 bits per heavy atom. The number of aromatic nitrogens is 2. The van der Waals surface area contributed by atoms with Crippen LogP contribution in [0.25, 0.3) is 0 Å². The van der Waals surface area contributed by atoms with Gasteiger partial charge < -0.3 is 14.5 Å². The van der Waals surface area contributed by atoms with E-state index in [-0.39, 0.29) is 0 Å². The molecule has 5 heteroatoms. The minimum Gasteiger partial charge on any atom is -0.385 e. The zero-order chi connectivity index (χ0) is 12.4. The van der Waals surface area contributed by atoms with Gasteiger partial charge in [0, 0.05) is 19.0 Å². The molecular weight excluding hydrogens is 218 g/mol. The average molecular weight is 239 g/mol. The largest absolute Gasteiger partial charge is 0.385 e. The van der Waals surface area contributed by atoms with E-state index in [0.717, 1.165) is 19.5 Å². The molecule has 1 aliphatic rings. The molecule has 5 nitrogen and oxygen atoms in total. The lowest BCUT2D eigenvalue weighted by Gasteiger charge is -2.19. The van der Waals surface area contributed by atoms with Crippen LogP contribution in [0.1, 0.15) is 45.0 Å². The van der Waals surface area contributed by atoms with Crippen LogP contribution < -0.4 is 0 Å². The van der Waals surface area contributed by atoms with Crippen LogP contribution in [0.5, 0.6) is 0 Å². The van der Waals surface area contributed by atoms with Crippen LogP contribution in [0.3, 0.4) is 0 Å². The van der Waals surface area contributed by atoms with Crippen molar-refractivity contribution in [1.82, 2.24) is 15.0 Å². The van der Waals surface area contributed by atoms with Crippen molar-refractivity contribution in [3.63, 3.8) is 0 Å². The van der Waals surface area contributed by atoms with Crippen LogP contribution >= 0.6 is 0 Å². The minimum absolute atomic E-state index is 0.388. The highest BCUT2D eigenvalue weighted by Crippen LogP contribution is 2.22. The van der Waals surface area contributed by atoms with Gasteiger partial charge in [-0.25, -0.2) is 0 Å². The first-order valence-corrected chi connectivity index (χ1v) is 6.31. The van der Waals surface area contributed by atoms with Gasteiger partial charge in [-0.1, -0.05) is 5.16 Å². The van der Waals surface area contributed by atoms with E-state index in [1.165, 1.54) is 6.42 Å². The summed E-state index contributed by atoms with van der Waals surface area (Å²) in [7, 11) is 0. The van der Waals surface area contributed by atoms with Crippen molar-refractivity contribution in [2.45, 2.75) is 45.8 Å². The highest BCUT2D eigenvalue weighted by Gasteiger charge is 2.26. The first-order valence-electron chi connectivity index (χ1n) is 6.31. The summed E-state index contributed by atoms with van der Waals surface area (Å²) in [4.78, 5) is 6.67. The molecule has 0 radical (unpaired) electrons. The van der Waals surface area contributed by atoms with Crippen molar-refractivity contribution in [2.24, 2.45) is 5.92 Å². The molecule has 2 unspecified atom stereocenters. The van der Waals surface area contributed by atoms with E-state index in [1.807, 2.05) is 0 Å². The van der Waals surface area contributed by atoms with E-state index in [4.69, 9.17) is 4.52 Å². The standard InChI is InChI=1S/C12H21N3O2/c1-8(2)15-5-4-10(7-15)6-11-13-12(9(3)16)14-17-11/h8-10,16H,4-7H2,1-3H3. The minimum atomic E-state index is -0.650. The van der Waals surface area contributed by atoms with E-state index in [2.05, 4.69) is 28.9 Å². The van der Waals surface area contributed by atoms with Gasteiger partial charge in [0.05, 0.1) is 0 Å². The Hall–Kier alpha value is -0.940. The van der Waals surface area contributed by atoms with Gasteiger partial charge in [-0.15, -0.1) is 0 Å². The maximum Gasteiger partial charge on any atom is 0.227 e. The molecule has 1 fully saturated rings. The van der Waals surface area contributed by atoms with Gasteiger partial charge >= 0.3 is 0 Å². The Kier molecular flexibility index (Phi) is 3.79. The number of aliphatic hydroxyl groups is 1. The van der Waals surface area contributed by atoms with Crippen LogP contribution in [0.15, 0.2) is 4.52 Å². The van der Waals surface area contributed by atoms with Crippen molar-refractivity contribution in [3.8, 4) is 0 Å². The molecule has 1 aromatic heterocycles. The number of rotatable bonds is 4. The van der Waals surface area contributed by atoms with E-state index < -0.39 is 6.10 Å². The van der Waals surface area contributed by atoms with Crippen LogP contribution in [0, 0.1) is 5.92 Å². The molecule has 0 spiro atoms. The van der Waals surface area contributed by atoms with Crippen LogP contribution in [-0.2, 0) is 6.42 Å². The van der Waals surface area contributed by atoms with E-state index in [1.54, 1.807) is 6.92 Å². The third-order valence-electron chi connectivity index (χ3n) is 3.37. The fourth-order valence-corrected chi connectivity index (χ4v) is 2.27. The molecule has 1 aromatic rings. The van der Waals surface area contributed by atoms with Gasteiger partial charge in [0.1, 0.15) is 6.10 Å². The molecular formula is C12H21N3O2. The van der Waals surface area contributed by atoms with Crippen molar-refractivity contribution >= 4 is 0 Å². The molecule has 2 atom stereocenters. The smallest absolute Gasteiger partial charge is 0.227 e. The third-order valence-corrected chi connectivity index (χ3v) is 3.37. The molecule has 1 saturated heterocycles. The second kappa shape index (κ2) is 5.14. The van der Waals surface area contributed by atoms with Gasteiger partial charge in [-0.3, -0.25) is 0 Å². The fourth-order valence-electron chi connectivity index (χ4n) is 2.27. The fraction of sp³-hybridized carbons (Fsp3) is 0.833. The summed E-state index contributed by atoms with van der Waals surface area (Å²) in [5, 5.41) is 13.1. The maximum absolute atomic E-state index is 9.32. The molecule has 2 rings (SSSR count). The summed E-state index contributed by atoms with van der Waals surface area (Å²) in [5.74, 6) is 1.63. The number of hydrogen-bond acceptors (Lipinski definition) is 5. The molecule has 17 heavy (non-hydrogen) atoms. The first kappa shape index (κ1) is 12.5. The Morgan fingerprint density at radius 2 is 2.24 bits per heavy atom. The monoisotopic (exact) mass is 239 g/mol. The summed E-state index contributed by atoms with van der Waals surface area (Å²) < 4.78 is 5.14. The summed E-state index contributed by atoms with van der Waals surface area (Å²) in [5.41, 5.74) is 0. The SMILES string of the molecule is CC(O)c1noc(CC2CCN(C(C)C)C2)n1. The predicted molar refractivity (Wildman–Crippen MR) is 63.5 cm³/mol. The van der Waals surface area contributed by atoms with E-state index in [0.29, 0.717) is 23.7 Å². The molecule has 0 saturated carbocycles. The summed E-state index contributed by atoms with van der Waals surface area (Å²) in [6.45, 7) is 8.34. The second-order valence-corrected chi connectivity index (χ2v) is 5.17. The van der Waals surface area contributed by atoms with E-state index in [9.17, 15) is 5.11 Å². The van der Waals surface area contributed by atoms with Crippen LogP contribution in [0.2, 0.25) is 0 Å². The molecule has 2 heterocycles. The number of likely N-dealkylation sites (tertiary alicyclic amines) is 1. The van der Waals surface area contributed by atoms with Crippen molar-refractivity contribution in [1.29, 1.82) is 0 Å². The Morgan fingerprint density at radius 1 is 1.47 bits per heavy atom. The molecule has 1 aliphatic heterocycles. The zero-order valence-corrected chi connectivity index (χ0v) is 10.8. The van der Waals surface area contributed by atoms with Gasteiger partial charge in [0.25, 0.3) is 0 Å². The first-order chi connectivity index (χ1) is 8.06. The Labute approximate surface area is 102 Å². The van der Waals surface area contributed by atoms with Gasteiger partial charge in [-0.05, 0) is 39.7 Å². The highest BCUT2D eigenvalue weighted by molar-refractivity contribution is 4.92. The quantitative estimate of drug-likeness (QED) is 0.860. The molecule has 0 bridgehead atoms. The zero-order valence-electron chi connectivity index (χ0n) is 10.8. The predicted octanol–water partition coefficient (Wildman–Crippen LogP) is 1.40. The molecule has 96 valence electrons. The molecule has 0 aromatic carbocycles. The lowest BCUT2D eigenvalue weighted by molar-refractivity contribution is 0.184. The van der Waals surface area contributed by atoms with Gasteiger partial charge in [-0.2, -0.15) is 4.98 Å². The van der Waals surface area contributed by atoms with Gasteiger partial charge in [0.2, 0.25) is 5.89 Å². The Balaban J connectivity index is 1.89. The summed E-state index contributed by atoms with van der Waals surface area (Å²) in [6, 6.07) is 0.607. The third kappa shape index (κ3) is 3.04. The molecule has 0 aliphatic carbocycles. The van der Waals surface area contributed by atoms with Crippen LogP contribution in [0.4, 0.5) is 0 Å². The Bertz CT molecular complexity index is 362. The average Bonchev–Trinajstić information content (AvgIpc) is 2.87. The molecule has 1 N–H and O–H groups in total. The number of hydrogen-bond donors (Lipinski definition) is 1. The summed E-state index contributed by atoms with van der Waals surface area (Å²) >= 11 is 0.